The van der Waals surface area contributed by atoms with Crippen LogP contribution in [-0.2, 0) is 7.05 Å². The first kappa shape index (κ1) is 25.4. The van der Waals surface area contributed by atoms with Gasteiger partial charge in [0.25, 0.3) is 0 Å². The van der Waals surface area contributed by atoms with Crippen molar-refractivity contribution in [3.8, 4) is 61.8 Å². The van der Waals surface area contributed by atoms with Crippen LogP contribution >= 0.6 is 0 Å². The fourth-order valence-electron chi connectivity index (χ4n) is 5.51. The van der Waals surface area contributed by atoms with Crippen molar-refractivity contribution in [2.75, 3.05) is 0 Å². The minimum atomic E-state index is 0.200. The molecular weight excluding hydrogens is 516 g/mol. The Balaban J connectivity index is 1.43. The molecule has 0 aliphatic carbocycles. The first-order chi connectivity index (χ1) is 20.5. The summed E-state index contributed by atoms with van der Waals surface area (Å²) in [7, 11) is 1.96. The average Bonchev–Trinajstić information content (AvgIpc) is 3.39. The van der Waals surface area contributed by atoms with Crippen LogP contribution in [0.2, 0.25) is 0 Å². The molecule has 0 fully saturated rings. The van der Waals surface area contributed by atoms with Gasteiger partial charge in [-0.1, -0.05) is 72.3 Å². The van der Waals surface area contributed by atoms with E-state index in [1.807, 2.05) is 67.5 Å². The summed E-state index contributed by atoms with van der Waals surface area (Å²) in [6.45, 7) is 2.01. The van der Waals surface area contributed by atoms with E-state index in [9.17, 15) is 5.11 Å². The number of fused-ring (bicyclic) bond motifs is 1. The second-order valence-electron chi connectivity index (χ2n) is 10.5. The summed E-state index contributed by atoms with van der Waals surface area (Å²) in [6, 6.07) is 37.0. The molecule has 5 heteroatoms. The predicted molar refractivity (Wildman–Crippen MR) is 170 cm³/mol. The number of pyridine rings is 2. The van der Waals surface area contributed by atoms with Gasteiger partial charge in [-0.3, -0.25) is 9.97 Å². The van der Waals surface area contributed by atoms with Gasteiger partial charge in [0, 0.05) is 30.6 Å². The first-order valence-corrected chi connectivity index (χ1v) is 13.9. The normalized spacial score (nSPS) is 11.2. The van der Waals surface area contributed by atoms with Gasteiger partial charge in [-0.15, -0.1) is 0 Å². The maximum absolute atomic E-state index is 10.7. The molecule has 42 heavy (non-hydrogen) atoms. The number of phenols is 1. The van der Waals surface area contributed by atoms with Crippen molar-refractivity contribution in [1.29, 1.82) is 0 Å². The minimum Gasteiger partial charge on any atom is -0.507 e. The topological polar surface area (TPSA) is 63.8 Å². The van der Waals surface area contributed by atoms with Crippen LogP contribution in [0.25, 0.3) is 67.1 Å². The monoisotopic (exact) mass is 544 g/mol. The molecule has 4 aromatic carbocycles. The number of hydrogen-bond acceptors (Lipinski definition) is 4. The fraction of sp³-hybridized carbons (Fsp3) is 0.0541. The van der Waals surface area contributed by atoms with Crippen molar-refractivity contribution in [2.24, 2.45) is 7.05 Å². The number of hydrogen-bond donors (Lipinski definition) is 1. The lowest BCUT2D eigenvalue weighted by molar-refractivity contribution is 0.476. The highest BCUT2D eigenvalue weighted by Gasteiger charge is 2.18. The standard InChI is InChI=1S/C37H28N4O/c1-24-13-14-35(42)31(17-24)37-40-36-32(22-38-23-34(36)41(37)2)29-18-28(26-11-7-4-8-12-26)19-30(20-29)33-21-27(15-16-39-33)25-9-5-3-6-10-25/h3-23,42H,1-2H3. The Morgan fingerprint density at radius 3 is 2.07 bits per heavy atom. The number of nitrogens with zero attached hydrogens (tertiary/aromatic N) is 4. The summed E-state index contributed by atoms with van der Waals surface area (Å²) in [5.41, 5.74) is 11.7. The summed E-state index contributed by atoms with van der Waals surface area (Å²) < 4.78 is 1.99. The van der Waals surface area contributed by atoms with Crippen LogP contribution in [0, 0.1) is 6.92 Å². The van der Waals surface area contributed by atoms with Crippen molar-refractivity contribution in [2.45, 2.75) is 6.92 Å². The van der Waals surface area contributed by atoms with Gasteiger partial charge in [0.1, 0.15) is 17.1 Å². The molecule has 0 saturated heterocycles. The van der Waals surface area contributed by atoms with Gasteiger partial charge >= 0.3 is 0 Å². The molecule has 0 atom stereocenters. The summed E-state index contributed by atoms with van der Waals surface area (Å²) in [5, 5.41) is 10.7. The van der Waals surface area contributed by atoms with E-state index >= 15 is 0 Å². The van der Waals surface area contributed by atoms with E-state index in [-0.39, 0.29) is 5.75 Å². The van der Waals surface area contributed by atoms with E-state index in [0.29, 0.717) is 11.4 Å². The lowest BCUT2D eigenvalue weighted by atomic mass is 9.94. The van der Waals surface area contributed by atoms with Crippen molar-refractivity contribution >= 4 is 11.0 Å². The van der Waals surface area contributed by atoms with Gasteiger partial charge in [0.2, 0.25) is 0 Å². The van der Waals surface area contributed by atoms with E-state index in [1.165, 1.54) is 0 Å². The average molecular weight is 545 g/mol. The van der Waals surface area contributed by atoms with E-state index in [4.69, 9.17) is 9.97 Å². The molecule has 3 heterocycles. The molecule has 0 aliphatic rings. The second kappa shape index (κ2) is 10.5. The van der Waals surface area contributed by atoms with Crippen LogP contribution < -0.4 is 0 Å². The van der Waals surface area contributed by atoms with E-state index in [1.54, 1.807) is 6.07 Å². The molecule has 0 bridgehead atoms. The van der Waals surface area contributed by atoms with Crippen LogP contribution in [0.5, 0.6) is 5.75 Å². The lowest BCUT2D eigenvalue weighted by Gasteiger charge is -2.12. The Morgan fingerprint density at radius 1 is 0.619 bits per heavy atom. The number of imidazole rings is 1. The molecule has 0 saturated carbocycles. The van der Waals surface area contributed by atoms with E-state index < -0.39 is 0 Å². The highest BCUT2D eigenvalue weighted by molar-refractivity contribution is 5.95. The third-order valence-electron chi connectivity index (χ3n) is 7.70. The molecule has 1 N–H and O–H groups in total. The SMILES string of the molecule is Cc1ccc(O)c(-c2nc3c(-c4cc(-c5ccccc5)cc(-c5cc(-c6ccccc6)ccn5)c4)cncc3n2C)c1. The zero-order valence-electron chi connectivity index (χ0n) is 23.4. The first-order valence-electron chi connectivity index (χ1n) is 13.9. The van der Waals surface area contributed by atoms with Gasteiger partial charge in [0.05, 0.1) is 23.0 Å². The molecule has 202 valence electrons. The van der Waals surface area contributed by atoms with E-state index in [0.717, 1.165) is 61.2 Å². The molecule has 7 rings (SSSR count). The number of aryl methyl sites for hydroxylation is 2. The third-order valence-corrected chi connectivity index (χ3v) is 7.70. The maximum Gasteiger partial charge on any atom is 0.144 e. The van der Waals surface area contributed by atoms with Gasteiger partial charge in [-0.2, -0.15) is 0 Å². The Kier molecular flexibility index (Phi) is 6.32. The third kappa shape index (κ3) is 4.61. The Labute approximate surface area is 244 Å². The molecule has 0 amide bonds. The van der Waals surface area contributed by atoms with Crippen LogP contribution in [0.3, 0.4) is 0 Å². The lowest BCUT2D eigenvalue weighted by Crippen LogP contribution is -1.93. The highest BCUT2D eigenvalue weighted by Crippen LogP contribution is 2.38. The predicted octanol–water partition coefficient (Wildman–Crippen LogP) is 8.71. The molecule has 3 aromatic heterocycles. The van der Waals surface area contributed by atoms with Crippen molar-refractivity contribution in [3.05, 3.63) is 133 Å². The molecule has 0 aliphatic heterocycles. The molecule has 0 radical (unpaired) electrons. The molecule has 5 nitrogen and oxygen atoms in total. The van der Waals surface area contributed by atoms with Crippen LogP contribution in [-0.4, -0.2) is 24.6 Å². The van der Waals surface area contributed by atoms with Crippen molar-refractivity contribution in [3.63, 3.8) is 0 Å². The van der Waals surface area contributed by atoms with Crippen LogP contribution in [0.4, 0.5) is 0 Å². The van der Waals surface area contributed by atoms with Crippen molar-refractivity contribution in [1.82, 2.24) is 19.5 Å². The van der Waals surface area contributed by atoms with Crippen molar-refractivity contribution < 1.29 is 5.11 Å². The van der Waals surface area contributed by atoms with Gasteiger partial charge in [-0.25, -0.2) is 4.98 Å². The quantitative estimate of drug-likeness (QED) is 0.235. The molecule has 0 spiro atoms. The largest absolute Gasteiger partial charge is 0.507 e. The van der Waals surface area contributed by atoms with Crippen LogP contribution in [0.15, 0.2) is 128 Å². The summed E-state index contributed by atoms with van der Waals surface area (Å²) in [5.74, 6) is 0.892. The second-order valence-corrected chi connectivity index (χ2v) is 10.5. The molecule has 7 aromatic rings. The molecular formula is C37H28N4O. The van der Waals surface area contributed by atoms with Gasteiger partial charge < -0.3 is 9.67 Å². The highest BCUT2D eigenvalue weighted by atomic mass is 16.3. The fourth-order valence-corrected chi connectivity index (χ4v) is 5.51. The van der Waals surface area contributed by atoms with Crippen LogP contribution in [0.1, 0.15) is 5.56 Å². The zero-order chi connectivity index (χ0) is 28.6. The summed E-state index contributed by atoms with van der Waals surface area (Å²) in [4.78, 5) is 14.5. The molecule has 0 unspecified atom stereocenters. The summed E-state index contributed by atoms with van der Waals surface area (Å²) >= 11 is 0. The number of benzene rings is 4. The summed E-state index contributed by atoms with van der Waals surface area (Å²) in [6.07, 6.45) is 5.57. The maximum atomic E-state index is 10.7. The zero-order valence-corrected chi connectivity index (χ0v) is 23.4. The number of aromatic nitrogens is 4. The Bertz CT molecular complexity index is 2060. The van der Waals surface area contributed by atoms with Gasteiger partial charge in [-0.05, 0) is 77.2 Å². The Hall–Kier alpha value is -5.55. The minimum absolute atomic E-state index is 0.200. The number of aromatic hydroxyl groups is 1. The number of phenolic OH excluding ortho intramolecular Hbond substituents is 1. The number of rotatable bonds is 5. The Morgan fingerprint density at radius 2 is 1.31 bits per heavy atom. The smallest absolute Gasteiger partial charge is 0.144 e. The van der Waals surface area contributed by atoms with E-state index in [2.05, 4.69) is 77.8 Å². The van der Waals surface area contributed by atoms with Gasteiger partial charge in [0.15, 0.2) is 0 Å².